The van der Waals surface area contributed by atoms with Crippen molar-refractivity contribution < 1.29 is 42.5 Å². The summed E-state index contributed by atoms with van der Waals surface area (Å²) in [5.74, 6) is -1.21. The average Bonchev–Trinajstić information content (AvgIpc) is 4.15. The van der Waals surface area contributed by atoms with Crippen molar-refractivity contribution in [3.05, 3.63) is 167 Å². The Balaban J connectivity index is 0.000000304. The van der Waals surface area contributed by atoms with Crippen LogP contribution in [0.25, 0.3) is 0 Å². The average molecular weight is 993 g/mol. The molecule has 3 atom stereocenters. The number of amides is 2. The van der Waals surface area contributed by atoms with Crippen LogP contribution in [0.1, 0.15) is 95.8 Å². The largest absolute Gasteiger partial charge is 0.488 e. The minimum Gasteiger partial charge on any atom is -0.488 e. The number of aliphatic hydroxyl groups is 1. The van der Waals surface area contributed by atoms with Crippen LogP contribution in [-0.4, -0.2) is 106 Å². The Morgan fingerprint density at radius 3 is 2.11 bits per heavy atom. The van der Waals surface area contributed by atoms with Crippen LogP contribution in [-0.2, 0) is 21.6 Å². The van der Waals surface area contributed by atoms with E-state index in [0.29, 0.717) is 28.9 Å². The van der Waals surface area contributed by atoms with Gasteiger partial charge in [0.25, 0.3) is 0 Å². The van der Waals surface area contributed by atoms with Gasteiger partial charge in [0.1, 0.15) is 42.2 Å². The zero-order valence-corrected chi connectivity index (χ0v) is 41.1. The van der Waals surface area contributed by atoms with Crippen LogP contribution in [0.2, 0.25) is 0 Å². The van der Waals surface area contributed by atoms with Gasteiger partial charge in [0, 0.05) is 77.6 Å². The van der Waals surface area contributed by atoms with E-state index in [0.717, 1.165) is 75.0 Å². The number of ketones is 2. The van der Waals surface area contributed by atoms with Gasteiger partial charge in [-0.15, -0.1) is 0 Å². The predicted octanol–water partition coefficient (Wildman–Crippen LogP) is 8.87. The van der Waals surface area contributed by atoms with Crippen LogP contribution < -0.4 is 19.4 Å². The zero-order chi connectivity index (χ0) is 51.3. The summed E-state index contributed by atoms with van der Waals surface area (Å²) in [5.41, 5.74) is 2.31. The Labute approximate surface area is 423 Å². The number of anilines is 3. The molecule has 0 radical (unpaired) electrons. The van der Waals surface area contributed by atoms with Crippen LogP contribution in [0, 0.1) is 23.0 Å². The maximum atomic E-state index is 15.0. The number of nitrogens with zero attached hydrogens (tertiary/aromatic N) is 8. The van der Waals surface area contributed by atoms with E-state index in [1.807, 2.05) is 56.3 Å². The number of ether oxygens (including phenoxy) is 3. The van der Waals surface area contributed by atoms with Crippen molar-refractivity contribution in [3.63, 3.8) is 0 Å². The van der Waals surface area contributed by atoms with Crippen LogP contribution in [0.4, 0.5) is 30.6 Å². The van der Waals surface area contributed by atoms with Gasteiger partial charge in [-0.25, -0.2) is 23.2 Å². The number of hydrogen-bond acceptors (Lipinski definition) is 12. The molecule has 73 heavy (non-hydrogen) atoms. The lowest BCUT2D eigenvalue weighted by atomic mass is 9.82. The molecule has 6 aromatic rings. The highest BCUT2D eigenvalue weighted by Crippen LogP contribution is 2.39. The first-order valence-electron chi connectivity index (χ1n) is 24.8. The van der Waals surface area contributed by atoms with Crippen molar-refractivity contribution in [1.82, 2.24) is 19.7 Å². The number of carbonyl (C=O) groups is 3. The first-order valence-corrected chi connectivity index (χ1v) is 24.8. The Bertz CT molecular complexity index is 2980. The van der Waals surface area contributed by atoms with E-state index in [9.17, 15) is 28.3 Å². The van der Waals surface area contributed by atoms with Gasteiger partial charge in [-0.1, -0.05) is 68.7 Å². The number of halogens is 2. The number of rotatable bonds is 15. The van der Waals surface area contributed by atoms with Crippen LogP contribution in [0.15, 0.2) is 122 Å². The van der Waals surface area contributed by atoms with Gasteiger partial charge in [-0.2, -0.15) is 10.4 Å². The van der Waals surface area contributed by atoms with Crippen LogP contribution >= 0.6 is 0 Å². The summed E-state index contributed by atoms with van der Waals surface area (Å²) in [4.78, 5) is 50.1. The molecule has 378 valence electrons. The Hall–Kier alpha value is -7.52. The van der Waals surface area contributed by atoms with Gasteiger partial charge in [-0.3, -0.25) is 19.4 Å². The minimum atomic E-state index is -1.24. The smallest absolute Gasteiger partial charge is 0.327 e. The highest BCUT2D eigenvalue weighted by molar-refractivity contribution is 6.29. The lowest BCUT2D eigenvalue weighted by Gasteiger charge is -2.37. The second kappa shape index (κ2) is 21.7. The Morgan fingerprint density at radius 1 is 0.822 bits per heavy atom. The Kier molecular flexibility index (Phi) is 15.0. The van der Waals surface area contributed by atoms with Crippen molar-refractivity contribution in [2.45, 2.75) is 83.1 Å². The van der Waals surface area contributed by atoms with Crippen LogP contribution in [0.3, 0.4) is 0 Å². The number of β-amino-alcohol motifs (C(OH)–C–C–N with tert-alkyl or cyclic N) is 1. The molecule has 0 spiro atoms. The van der Waals surface area contributed by atoms with E-state index in [2.05, 4.69) is 38.9 Å². The van der Waals surface area contributed by atoms with Crippen LogP contribution in [0.5, 0.6) is 5.75 Å². The normalized spacial score (nSPS) is 20.5. The van der Waals surface area contributed by atoms with Gasteiger partial charge in [-0.05, 0) is 87.4 Å². The fraction of sp³-hybridized carbons (Fsp3) is 0.357. The monoisotopic (exact) mass is 992 g/mol. The molecule has 3 saturated heterocycles. The molecule has 4 aliphatic rings. The van der Waals surface area contributed by atoms with Crippen molar-refractivity contribution in [3.8, 4) is 11.8 Å². The summed E-state index contributed by atoms with van der Waals surface area (Å²) < 4.78 is 48.4. The van der Waals surface area contributed by atoms with Gasteiger partial charge in [0.05, 0.1) is 36.9 Å². The number of aromatic nitrogens is 3. The number of benzene rings is 5. The number of hydrogen-bond donors (Lipinski definition) is 1. The lowest BCUT2D eigenvalue weighted by Crippen LogP contribution is -2.50. The third-order valence-corrected chi connectivity index (χ3v) is 13.9. The summed E-state index contributed by atoms with van der Waals surface area (Å²) in [5, 5.41) is 24.8. The summed E-state index contributed by atoms with van der Waals surface area (Å²) in [6.45, 7) is 9.91. The topological polar surface area (TPSA) is 167 Å². The molecular weight excluding hydrogens is 935 g/mol. The maximum absolute atomic E-state index is 15.0. The predicted molar refractivity (Wildman–Crippen MR) is 270 cm³/mol. The zero-order valence-electron chi connectivity index (χ0n) is 41.1. The highest BCUT2D eigenvalue weighted by Gasteiger charge is 2.50. The standard InChI is InChI=1S/C41H51F2N7O5.C15H7NO2/c1-4-5-6-7-18-41(52)26-49(39(51)50(41)30(2)3)34-11-9-32(10-12-34)46-19-21-47(22-20-46)33-13-15-35(16-14-33)53-24-38-54-27-40(55-38,25-48-29-44-28-45-48)36-17-8-31(42)23-37(36)43;16-8-9-4-3-7-12-13(9)15(18)11-6-2-1-5-10(11)14(12)17/h8-17,23,28-30,38,52H,4-7,18-22,24-27H2,1-3H3;1-7H/t38-,40+,41?;/m0./s1. The fourth-order valence-electron chi connectivity index (χ4n) is 10.2. The molecule has 1 unspecified atom stereocenters. The van der Waals surface area contributed by atoms with E-state index in [4.69, 9.17) is 19.5 Å². The lowest BCUT2D eigenvalue weighted by molar-refractivity contribution is -0.117. The Morgan fingerprint density at radius 2 is 1.48 bits per heavy atom. The number of nitriles is 1. The van der Waals surface area contributed by atoms with E-state index >= 15 is 0 Å². The SMILES string of the molecule is CCCCCCC1(O)CN(c2ccc(N3CCN(c4ccc(OC[C@H]5OC[C@](Cn6cncn6)(c6ccc(F)cc6F)O5)cc4)CC3)cc2)C(=O)N1C(C)C.N#Cc1cccc2c1C(=O)c1ccccc1C2=O. The molecule has 4 heterocycles. The van der Waals surface area contributed by atoms with E-state index in [-0.39, 0.29) is 66.6 Å². The summed E-state index contributed by atoms with van der Waals surface area (Å²) >= 11 is 0. The van der Waals surface area contributed by atoms with Crippen molar-refractivity contribution >= 4 is 34.7 Å². The molecule has 5 aromatic carbocycles. The molecule has 3 fully saturated rings. The molecule has 1 aromatic heterocycles. The van der Waals surface area contributed by atoms with E-state index < -0.39 is 29.3 Å². The maximum Gasteiger partial charge on any atom is 0.327 e. The number of fused-ring (bicyclic) bond motifs is 2. The molecule has 1 N–H and O–H groups in total. The molecule has 1 aliphatic carbocycles. The second-order valence-corrected chi connectivity index (χ2v) is 19.0. The minimum absolute atomic E-state index is 0.0251. The molecule has 0 saturated carbocycles. The number of unbranched alkanes of at least 4 members (excludes halogenated alkanes) is 3. The first kappa shape index (κ1) is 50.4. The summed E-state index contributed by atoms with van der Waals surface area (Å²) in [7, 11) is 0. The quantitative estimate of drug-likeness (QED) is 0.0972. The molecule has 17 heteroatoms. The molecule has 2 amide bonds. The molecule has 3 aliphatic heterocycles. The van der Waals surface area contributed by atoms with E-state index in [1.165, 1.54) is 29.5 Å². The number of piperazine rings is 1. The van der Waals surface area contributed by atoms with E-state index in [1.54, 1.807) is 52.3 Å². The third kappa shape index (κ3) is 10.5. The first-order chi connectivity index (χ1) is 35.3. The number of urea groups is 1. The molecular formula is C56H58F2N8O7. The van der Waals surface area contributed by atoms with Crippen molar-refractivity contribution in [1.29, 1.82) is 5.26 Å². The van der Waals surface area contributed by atoms with Gasteiger partial charge in [0.15, 0.2) is 23.6 Å². The molecule has 0 bridgehead atoms. The van der Waals surface area contributed by atoms with Crippen molar-refractivity contribution in [2.24, 2.45) is 0 Å². The summed E-state index contributed by atoms with van der Waals surface area (Å²) in [6.07, 6.45) is 6.86. The highest BCUT2D eigenvalue weighted by atomic mass is 19.1. The fourth-order valence-corrected chi connectivity index (χ4v) is 10.2. The number of carbonyl (C=O) groups excluding carboxylic acids is 3. The second-order valence-electron chi connectivity index (χ2n) is 19.0. The molecule has 15 nitrogen and oxygen atoms in total. The van der Waals surface area contributed by atoms with Gasteiger partial charge >= 0.3 is 6.03 Å². The molecule has 10 rings (SSSR count). The van der Waals surface area contributed by atoms with Crippen molar-refractivity contribution in [2.75, 3.05) is 60.6 Å². The van der Waals surface area contributed by atoms with Gasteiger partial charge < -0.3 is 29.1 Å². The summed E-state index contributed by atoms with van der Waals surface area (Å²) in [6, 6.07) is 32.5. The third-order valence-electron chi connectivity index (χ3n) is 13.9. The van der Waals surface area contributed by atoms with Gasteiger partial charge in [0.2, 0.25) is 0 Å².